The van der Waals surface area contributed by atoms with Crippen LogP contribution in [0.3, 0.4) is 0 Å². The highest BCUT2D eigenvalue weighted by molar-refractivity contribution is 6.10. The molecule has 10 rings (SSSR count). The molecule has 0 aliphatic heterocycles. The highest BCUT2D eigenvalue weighted by atomic mass is 15.0. The molecular formula is C50H34N6. The second-order valence-electron chi connectivity index (χ2n) is 13.8. The smallest absolute Gasteiger partial charge is 0.164 e. The van der Waals surface area contributed by atoms with Crippen LogP contribution in [0, 0.1) is 6.92 Å². The first-order valence-corrected chi connectivity index (χ1v) is 18.7. The largest absolute Gasteiger partial charge is 0.309 e. The molecule has 56 heavy (non-hydrogen) atoms. The molecule has 0 bridgehead atoms. The van der Waals surface area contributed by atoms with Gasteiger partial charge in [0.2, 0.25) is 0 Å². The summed E-state index contributed by atoms with van der Waals surface area (Å²) in [7, 11) is 0. The van der Waals surface area contributed by atoms with Crippen LogP contribution >= 0.6 is 0 Å². The van der Waals surface area contributed by atoms with Crippen molar-refractivity contribution in [1.29, 1.82) is 0 Å². The van der Waals surface area contributed by atoms with Gasteiger partial charge in [-0.3, -0.25) is 0 Å². The molecule has 6 nitrogen and oxygen atoms in total. The van der Waals surface area contributed by atoms with Gasteiger partial charge < -0.3 is 4.57 Å². The third kappa shape index (κ3) is 6.09. The molecule has 0 fully saturated rings. The van der Waals surface area contributed by atoms with Crippen LogP contribution in [0.25, 0.3) is 95.6 Å². The van der Waals surface area contributed by atoms with Crippen LogP contribution in [0.15, 0.2) is 188 Å². The van der Waals surface area contributed by atoms with Gasteiger partial charge in [0.05, 0.1) is 28.1 Å². The molecule has 0 saturated carbocycles. The van der Waals surface area contributed by atoms with Gasteiger partial charge in [0.25, 0.3) is 0 Å². The number of hydrogen-bond donors (Lipinski definition) is 0. The summed E-state index contributed by atoms with van der Waals surface area (Å²) in [6, 6.07) is 64.4. The number of nitrogens with zero attached hydrogens (tertiary/aromatic N) is 6. The molecule has 0 unspecified atom stereocenters. The van der Waals surface area contributed by atoms with E-state index in [2.05, 4.69) is 102 Å². The third-order valence-corrected chi connectivity index (χ3v) is 10.1. The molecule has 0 aliphatic carbocycles. The molecule has 7 aromatic carbocycles. The van der Waals surface area contributed by atoms with E-state index in [1.807, 2.05) is 97.1 Å². The van der Waals surface area contributed by atoms with Crippen LogP contribution in [0.4, 0.5) is 0 Å². The quantitative estimate of drug-likeness (QED) is 0.164. The Balaban J connectivity index is 1.27. The Hall–Kier alpha value is -7.57. The molecule has 3 aromatic heterocycles. The topological polar surface area (TPSA) is 69.4 Å². The number of hydrogen-bond acceptors (Lipinski definition) is 5. The van der Waals surface area contributed by atoms with Crippen LogP contribution < -0.4 is 0 Å². The normalized spacial score (nSPS) is 11.3. The summed E-state index contributed by atoms with van der Waals surface area (Å²) in [6.45, 7) is 2.14. The van der Waals surface area contributed by atoms with E-state index in [4.69, 9.17) is 24.9 Å². The number of aryl methyl sites for hydroxylation is 1. The molecule has 0 radical (unpaired) electrons. The molecule has 6 heteroatoms. The number of aromatic nitrogens is 6. The van der Waals surface area contributed by atoms with Crippen molar-refractivity contribution in [2.24, 2.45) is 0 Å². The van der Waals surface area contributed by atoms with E-state index < -0.39 is 0 Å². The Labute approximate surface area is 324 Å². The summed E-state index contributed by atoms with van der Waals surface area (Å²) >= 11 is 0. The Morgan fingerprint density at radius 3 is 1.39 bits per heavy atom. The fourth-order valence-electron chi connectivity index (χ4n) is 7.41. The molecule has 264 valence electrons. The molecule has 0 amide bonds. The molecule has 0 spiro atoms. The Morgan fingerprint density at radius 2 is 0.821 bits per heavy atom. The minimum atomic E-state index is 0.561. The molecule has 0 N–H and O–H groups in total. The van der Waals surface area contributed by atoms with Crippen LogP contribution in [-0.2, 0) is 0 Å². The third-order valence-electron chi connectivity index (χ3n) is 10.1. The molecule has 0 atom stereocenters. The minimum Gasteiger partial charge on any atom is -0.309 e. The van der Waals surface area contributed by atoms with Gasteiger partial charge in [0.15, 0.2) is 23.3 Å². The van der Waals surface area contributed by atoms with Crippen LogP contribution in [0.2, 0.25) is 0 Å². The van der Waals surface area contributed by atoms with Gasteiger partial charge in [0.1, 0.15) is 0 Å². The Kier molecular flexibility index (Phi) is 8.26. The summed E-state index contributed by atoms with van der Waals surface area (Å²) in [4.78, 5) is 25.8. The molecular weight excluding hydrogens is 685 g/mol. The van der Waals surface area contributed by atoms with Crippen molar-refractivity contribution in [3.63, 3.8) is 0 Å². The lowest BCUT2D eigenvalue weighted by Gasteiger charge is -2.17. The van der Waals surface area contributed by atoms with E-state index in [0.29, 0.717) is 23.3 Å². The summed E-state index contributed by atoms with van der Waals surface area (Å²) < 4.78 is 2.34. The fraction of sp³-hybridized carbons (Fsp3) is 0.0200. The number of fused-ring (bicyclic) bond motifs is 3. The zero-order valence-electron chi connectivity index (χ0n) is 30.6. The molecule has 3 heterocycles. The summed E-state index contributed by atoms with van der Waals surface area (Å²) in [5, 5.41) is 2.37. The van der Waals surface area contributed by atoms with Crippen molar-refractivity contribution in [1.82, 2.24) is 29.5 Å². The van der Waals surface area contributed by atoms with Crippen molar-refractivity contribution in [3.05, 3.63) is 194 Å². The monoisotopic (exact) mass is 718 g/mol. The maximum Gasteiger partial charge on any atom is 0.164 e. The first-order chi connectivity index (χ1) is 27.7. The molecule has 0 aliphatic rings. The number of benzene rings is 7. The van der Waals surface area contributed by atoms with E-state index >= 15 is 0 Å². The fourth-order valence-corrected chi connectivity index (χ4v) is 7.41. The second-order valence-corrected chi connectivity index (χ2v) is 13.8. The lowest BCUT2D eigenvalue weighted by molar-refractivity contribution is 1.07. The second kappa shape index (κ2) is 14.0. The zero-order chi connectivity index (χ0) is 37.4. The van der Waals surface area contributed by atoms with Crippen LogP contribution in [-0.4, -0.2) is 29.5 Å². The molecule has 0 saturated heterocycles. The average Bonchev–Trinajstić information content (AvgIpc) is 3.60. The number of para-hydroxylation sites is 1. The first kappa shape index (κ1) is 33.0. The zero-order valence-corrected chi connectivity index (χ0v) is 30.6. The van der Waals surface area contributed by atoms with Gasteiger partial charge in [-0.2, -0.15) is 0 Å². The van der Waals surface area contributed by atoms with E-state index in [9.17, 15) is 0 Å². The van der Waals surface area contributed by atoms with E-state index in [-0.39, 0.29) is 0 Å². The predicted molar refractivity (Wildman–Crippen MR) is 227 cm³/mol. The van der Waals surface area contributed by atoms with Gasteiger partial charge in [-0.1, -0.05) is 151 Å². The van der Waals surface area contributed by atoms with E-state index in [1.165, 1.54) is 16.3 Å². The van der Waals surface area contributed by atoms with Gasteiger partial charge in [-0.05, 0) is 49.4 Å². The summed E-state index contributed by atoms with van der Waals surface area (Å²) in [5.41, 5.74) is 11.6. The summed E-state index contributed by atoms with van der Waals surface area (Å²) in [6.07, 6.45) is 0. The molecule has 10 aromatic rings. The van der Waals surface area contributed by atoms with Gasteiger partial charge in [-0.25, -0.2) is 24.9 Å². The summed E-state index contributed by atoms with van der Waals surface area (Å²) in [5.74, 6) is 2.37. The van der Waals surface area contributed by atoms with Gasteiger partial charge >= 0.3 is 0 Å². The van der Waals surface area contributed by atoms with Crippen molar-refractivity contribution < 1.29 is 0 Å². The lowest BCUT2D eigenvalue weighted by Crippen LogP contribution is -2.04. The van der Waals surface area contributed by atoms with Gasteiger partial charge in [0, 0.05) is 44.2 Å². The highest BCUT2D eigenvalue weighted by Crippen LogP contribution is 2.39. The predicted octanol–water partition coefficient (Wildman–Crippen LogP) is 12.1. The maximum absolute atomic E-state index is 5.33. The van der Waals surface area contributed by atoms with Crippen LogP contribution in [0.5, 0.6) is 0 Å². The lowest BCUT2D eigenvalue weighted by atomic mass is 10.0. The highest BCUT2D eigenvalue weighted by Gasteiger charge is 2.21. The van der Waals surface area contributed by atoms with Crippen molar-refractivity contribution in [2.75, 3.05) is 0 Å². The van der Waals surface area contributed by atoms with Crippen molar-refractivity contribution in [3.8, 4) is 73.8 Å². The SMILES string of the molecule is Cc1ccc2c(c1)c1ccccc1n2-c1ccc(-c2nc(-c3ccccc3)nc(-c3ccccc3)n2)cc1-c1nc(-c2ccccc2)cc(-c2ccccc2)n1. The first-order valence-electron chi connectivity index (χ1n) is 18.7. The Bertz CT molecular complexity index is 2900. The number of rotatable bonds is 7. The van der Waals surface area contributed by atoms with Gasteiger partial charge in [-0.15, -0.1) is 0 Å². The Morgan fingerprint density at radius 1 is 0.339 bits per heavy atom. The maximum atomic E-state index is 5.33. The minimum absolute atomic E-state index is 0.561. The van der Waals surface area contributed by atoms with E-state index in [0.717, 1.165) is 61.5 Å². The van der Waals surface area contributed by atoms with E-state index in [1.54, 1.807) is 0 Å². The van der Waals surface area contributed by atoms with Crippen molar-refractivity contribution in [2.45, 2.75) is 6.92 Å². The van der Waals surface area contributed by atoms with Crippen LogP contribution in [0.1, 0.15) is 5.56 Å². The average molecular weight is 719 g/mol. The van der Waals surface area contributed by atoms with Crippen molar-refractivity contribution >= 4 is 21.8 Å². The standard InChI is InChI=1S/C50H34N6/c1-33-26-28-45-40(30-33)39-24-14-15-25-44(39)56(45)46-29-27-38(49-54-47(36-20-10-4-11-21-36)53-48(55-49)37-22-12-5-13-23-37)31-41(46)50-51-42(34-16-6-2-7-17-34)32-43(52-50)35-18-8-3-9-19-35/h2-32H,1H3.